The highest BCUT2D eigenvalue weighted by atomic mass is 16.5. The smallest absolute Gasteiger partial charge is 0.134 e. The Morgan fingerprint density at radius 3 is 2.92 bits per heavy atom. The van der Waals surface area contributed by atoms with Crippen molar-refractivity contribution in [2.24, 2.45) is 0 Å². The molecule has 2 aliphatic rings. The second-order valence-corrected chi connectivity index (χ2v) is 7.40. The molecule has 2 aromatic rings. The molecule has 2 aliphatic heterocycles. The monoisotopic (exact) mass is 357 g/mol. The van der Waals surface area contributed by atoms with Crippen molar-refractivity contribution in [3.63, 3.8) is 0 Å². The van der Waals surface area contributed by atoms with Gasteiger partial charge in [0, 0.05) is 45.3 Å². The first-order valence-electron chi connectivity index (χ1n) is 9.16. The molecule has 4 heterocycles. The molecule has 0 bridgehead atoms. The van der Waals surface area contributed by atoms with Crippen molar-refractivity contribution < 1.29 is 4.74 Å². The molecule has 1 fully saturated rings. The van der Waals surface area contributed by atoms with Gasteiger partial charge in [0.2, 0.25) is 0 Å². The van der Waals surface area contributed by atoms with E-state index in [0.717, 1.165) is 50.7 Å². The number of nitrogens with one attached hydrogen (secondary N) is 1. The third kappa shape index (κ3) is 3.39. The number of nitrogens with zero attached hydrogens (tertiary/aromatic N) is 6. The maximum Gasteiger partial charge on any atom is 0.134 e. The maximum absolute atomic E-state index is 5.63. The van der Waals surface area contributed by atoms with Crippen LogP contribution in [0.5, 0.6) is 0 Å². The number of likely N-dealkylation sites (N-methyl/N-ethyl adjacent to an activating group) is 1. The molecule has 0 spiro atoms. The van der Waals surface area contributed by atoms with Gasteiger partial charge in [0.05, 0.1) is 30.4 Å². The van der Waals surface area contributed by atoms with Gasteiger partial charge in [0.15, 0.2) is 0 Å². The molecule has 26 heavy (non-hydrogen) atoms. The zero-order valence-corrected chi connectivity index (χ0v) is 15.7. The fourth-order valence-corrected chi connectivity index (χ4v) is 3.99. The number of aromatic amines is 1. The molecule has 0 radical (unpaired) electrons. The first-order valence-corrected chi connectivity index (χ1v) is 9.16. The largest absolute Gasteiger partial charge is 0.380 e. The quantitative estimate of drug-likeness (QED) is 0.853. The third-order valence-electron chi connectivity index (χ3n) is 5.32. The van der Waals surface area contributed by atoms with E-state index >= 15 is 0 Å². The molecule has 2 aromatic heterocycles. The van der Waals surface area contributed by atoms with E-state index in [1.165, 1.54) is 11.4 Å². The van der Waals surface area contributed by atoms with E-state index in [-0.39, 0.29) is 6.10 Å². The molecule has 0 aliphatic carbocycles. The number of H-pyrrole nitrogens is 1. The number of rotatable bonds is 5. The van der Waals surface area contributed by atoms with Gasteiger partial charge in [0.1, 0.15) is 18.0 Å². The summed E-state index contributed by atoms with van der Waals surface area (Å²) in [4.78, 5) is 23.6. The Morgan fingerprint density at radius 1 is 1.27 bits per heavy atom. The average Bonchev–Trinajstić information content (AvgIpc) is 3.27. The van der Waals surface area contributed by atoms with Crippen molar-refractivity contribution >= 4 is 11.6 Å². The molecule has 0 amide bonds. The second kappa shape index (κ2) is 7.20. The van der Waals surface area contributed by atoms with Gasteiger partial charge in [-0.2, -0.15) is 0 Å². The highest BCUT2D eigenvalue weighted by molar-refractivity contribution is 5.52. The van der Waals surface area contributed by atoms with Gasteiger partial charge in [-0.25, -0.2) is 15.0 Å². The minimum atomic E-state index is 0.251. The Kier molecular flexibility index (Phi) is 4.78. The Balaban J connectivity index is 1.55. The number of fused-ring (bicyclic) bond motifs is 1. The number of ether oxygens (including phenoxy) is 1. The van der Waals surface area contributed by atoms with Gasteiger partial charge in [-0.05, 0) is 20.5 Å². The molecule has 0 saturated carbocycles. The van der Waals surface area contributed by atoms with Crippen LogP contribution in [-0.4, -0.2) is 77.8 Å². The van der Waals surface area contributed by atoms with E-state index in [0.29, 0.717) is 6.04 Å². The lowest BCUT2D eigenvalue weighted by Crippen LogP contribution is -2.38. The number of hydrogen-bond acceptors (Lipinski definition) is 7. The van der Waals surface area contributed by atoms with Crippen LogP contribution in [0.25, 0.3) is 0 Å². The number of anilines is 2. The minimum Gasteiger partial charge on any atom is -0.380 e. The van der Waals surface area contributed by atoms with Gasteiger partial charge in [0.25, 0.3) is 0 Å². The predicted molar refractivity (Wildman–Crippen MR) is 100 cm³/mol. The lowest BCUT2D eigenvalue weighted by atomic mass is 10.1. The SMILES string of the molecule is CO[C@H]1C[C@@H](CN(C)C)N(c2cc(N3CCc4nc[nH]c4C3)ncn2)C1. The van der Waals surface area contributed by atoms with Crippen molar-refractivity contribution in [1.29, 1.82) is 0 Å². The molecular formula is C18H27N7O. The summed E-state index contributed by atoms with van der Waals surface area (Å²) in [5.41, 5.74) is 2.35. The van der Waals surface area contributed by atoms with Crippen LogP contribution in [-0.2, 0) is 17.7 Å². The molecule has 4 rings (SSSR count). The second-order valence-electron chi connectivity index (χ2n) is 7.40. The van der Waals surface area contributed by atoms with E-state index in [1.54, 1.807) is 19.8 Å². The summed E-state index contributed by atoms with van der Waals surface area (Å²) >= 11 is 0. The van der Waals surface area contributed by atoms with Crippen LogP contribution in [0.3, 0.4) is 0 Å². The number of methoxy groups -OCH3 is 1. The summed E-state index contributed by atoms with van der Waals surface area (Å²) in [5, 5.41) is 0. The van der Waals surface area contributed by atoms with E-state index in [4.69, 9.17) is 4.74 Å². The summed E-state index contributed by atoms with van der Waals surface area (Å²) < 4.78 is 5.63. The summed E-state index contributed by atoms with van der Waals surface area (Å²) in [6.45, 7) is 3.60. The van der Waals surface area contributed by atoms with Crippen LogP contribution >= 0.6 is 0 Å². The van der Waals surface area contributed by atoms with Gasteiger partial charge < -0.3 is 24.4 Å². The average molecular weight is 357 g/mol. The van der Waals surface area contributed by atoms with Crippen LogP contribution in [0.4, 0.5) is 11.6 Å². The minimum absolute atomic E-state index is 0.251. The lowest BCUT2D eigenvalue weighted by Gasteiger charge is -2.30. The van der Waals surface area contributed by atoms with Crippen molar-refractivity contribution in [1.82, 2.24) is 24.8 Å². The summed E-state index contributed by atoms with van der Waals surface area (Å²) in [7, 11) is 6.01. The third-order valence-corrected chi connectivity index (χ3v) is 5.32. The van der Waals surface area contributed by atoms with E-state index < -0.39 is 0 Å². The molecule has 2 atom stereocenters. The molecule has 1 N–H and O–H groups in total. The van der Waals surface area contributed by atoms with Crippen molar-refractivity contribution in [2.45, 2.75) is 31.5 Å². The Morgan fingerprint density at radius 2 is 2.12 bits per heavy atom. The molecule has 0 aromatic carbocycles. The summed E-state index contributed by atoms with van der Waals surface area (Å²) in [5.74, 6) is 1.96. The van der Waals surface area contributed by atoms with Crippen molar-refractivity contribution in [3.05, 3.63) is 30.1 Å². The fraction of sp³-hybridized carbons (Fsp3) is 0.611. The zero-order valence-electron chi connectivity index (χ0n) is 15.7. The standard InChI is InChI=1S/C18H27N7O/c1-23(2)8-13-6-14(26-3)9-25(13)18-7-17(21-12-22-18)24-5-4-15-16(10-24)20-11-19-15/h7,11-14H,4-6,8-10H2,1-3H3,(H,19,20)/t13-,14-/m0/s1. The predicted octanol–water partition coefficient (Wildman–Crippen LogP) is 0.918. The maximum atomic E-state index is 5.63. The summed E-state index contributed by atoms with van der Waals surface area (Å²) in [6.07, 6.45) is 5.67. The molecule has 8 nitrogen and oxygen atoms in total. The van der Waals surface area contributed by atoms with Gasteiger partial charge >= 0.3 is 0 Å². The fourth-order valence-electron chi connectivity index (χ4n) is 3.99. The van der Waals surface area contributed by atoms with Crippen molar-refractivity contribution in [2.75, 3.05) is 50.6 Å². The Labute approximate surface area is 154 Å². The number of imidazole rings is 1. The molecule has 8 heteroatoms. The summed E-state index contributed by atoms with van der Waals surface area (Å²) in [6, 6.07) is 2.51. The van der Waals surface area contributed by atoms with E-state index in [9.17, 15) is 0 Å². The van der Waals surface area contributed by atoms with E-state index in [2.05, 4.69) is 54.8 Å². The van der Waals surface area contributed by atoms with Crippen LogP contribution in [0.2, 0.25) is 0 Å². The zero-order chi connectivity index (χ0) is 18.1. The molecule has 0 unspecified atom stereocenters. The lowest BCUT2D eigenvalue weighted by molar-refractivity contribution is 0.117. The van der Waals surface area contributed by atoms with Crippen molar-refractivity contribution in [3.8, 4) is 0 Å². The Bertz CT molecular complexity index is 747. The van der Waals surface area contributed by atoms with Gasteiger partial charge in [-0.1, -0.05) is 0 Å². The van der Waals surface area contributed by atoms with Crippen LogP contribution < -0.4 is 9.80 Å². The van der Waals surface area contributed by atoms with Crippen LogP contribution in [0.1, 0.15) is 17.8 Å². The number of aromatic nitrogens is 4. The first kappa shape index (κ1) is 17.2. The first-order chi connectivity index (χ1) is 12.6. The van der Waals surface area contributed by atoms with Gasteiger partial charge in [-0.3, -0.25) is 0 Å². The van der Waals surface area contributed by atoms with E-state index in [1.807, 2.05) is 0 Å². The molecule has 1 saturated heterocycles. The number of hydrogen-bond donors (Lipinski definition) is 1. The molecular weight excluding hydrogens is 330 g/mol. The van der Waals surface area contributed by atoms with Crippen LogP contribution in [0, 0.1) is 0 Å². The Hall–Kier alpha value is -2.19. The highest BCUT2D eigenvalue weighted by Gasteiger charge is 2.33. The highest BCUT2D eigenvalue weighted by Crippen LogP contribution is 2.29. The molecule has 140 valence electrons. The topological polar surface area (TPSA) is 73.4 Å². The van der Waals surface area contributed by atoms with Crippen LogP contribution in [0.15, 0.2) is 18.7 Å². The normalized spacial score (nSPS) is 22.9. The van der Waals surface area contributed by atoms with Gasteiger partial charge in [-0.15, -0.1) is 0 Å².